The van der Waals surface area contributed by atoms with E-state index in [0.29, 0.717) is 12.1 Å². The van der Waals surface area contributed by atoms with Crippen LogP contribution < -0.4 is 5.73 Å². The fourth-order valence-electron chi connectivity index (χ4n) is 0.955. The molecule has 0 saturated carbocycles. The van der Waals surface area contributed by atoms with E-state index in [9.17, 15) is 23.3 Å². The van der Waals surface area contributed by atoms with Crippen LogP contribution in [0.5, 0.6) is 0 Å². The number of nitrogens with zero attached hydrogens (tertiary/aromatic N) is 1. The minimum absolute atomic E-state index is 0.445. The third-order valence-electron chi connectivity index (χ3n) is 1.62. The molecule has 1 rings (SSSR count). The lowest BCUT2D eigenvalue weighted by atomic mass is 10.1. The fraction of sp³-hybridized carbons (Fsp3) is 0.143. The van der Waals surface area contributed by atoms with Gasteiger partial charge in [-0.1, -0.05) is 11.6 Å². The topological polar surface area (TPSA) is 69.2 Å². The second-order valence-corrected chi connectivity index (χ2v) is 3.05. The normalized spacial score (nSPS) is 11.5. The standard InChI is InChI=1S/C7H4ClF3N2O2/c8-4-2-6(13(14)15)5(12)1-3(4)7(9,10)11/h1-2H,12H2. The van der Waals surface area contributed by atoms with Crippen LogP contribution in [0.4, 0.5) is 24.5 Å². The van der Waals surface area contributed by atoms with Gasteiger partial charge in [-0.25, -0.2) is 0 Å². The summed E-state index contributed by atoms with van der Waals surface area (Å²) in [6, 6.07) is 1.03. The van der Waals surface area contributed by atoms with Gasteiger partial charge in [0, 0.05) is 6.07 Å². The second-order valence-electron chi connectivity index (χ2n) is 2.65. The molecule has 0 aliphatic rings. The molecule has 1 aromatic rings. The smallest absolute Gasteiger partial charge is 0.393 e. The number of benzene rings is 1. The lowest BCUT2D eigenvalue weighted by Gasteiger charge is -2.09. The Morgan fingerprint density at radius 2 is 1.93 bits per heavy atom. The van der Waals surface area contributed by atoms with Gasteiger partial charge in [-0.3, -0.25) is 10.1 Å². The Labute approximate surface area is 86.6 Å². The highest BCUT2D eigenvalue weighted by atomic mass is 35.5. The van der Waals surface area contributed by atoms with E-state index in [1.807, 2.05) is 0 Å². The summed E-state index contributed by atoms with van der Waals surface area (Å²) in [6.45, 7) is 0. The molecule has 0 unspecified atom stereocenters. The SMILES string of the molecule is Nc1cc(C(F)(F)F)c(Cl)cc1[N+](=O)[O-]. The van der Waals surface area contributed by atoms with E-state index in [-0.39, 0.29) is 0 Å². The van der Waals surface area contributed by atoms with Crippen molar-refractivity contribution in [2.75, 3.05) is 5.73 Å². The Hall–Kier alpha value is -1.50. The van der Waals surface area contributed by atoms with Crippen LogP contribution in [-0.4, -0.2) is 4.92 Å². The maximum Gasteiger partial charge on any atom is 0.417 e. The molecule has 0 spiro atoms. The largest absolute Gasteiger partial charge is 0.417 e. The molecule has 0 atom stereocenters. The zero-order valence-electron chi connectivity index (χ0n) is 7.01. The second kappa shape index (κ2) is 3.58. The maximum absolute atomic E-state index is 12.3. The molecule has 0 aliphatic carbocycles. The van der Waals surface area contributed by atoms with Crippen molar-refractivity contribution in [3.8, 4) is 0 Å². The number of alkyl halides is 3. The number of nitro groups is 1. The first kappa shape index (κ1) is 11.6. The molecule has 0 fully saturated rings. The number of nitrogen functional groups attached to an aromatic ring is 1. The van der Waals surface area contributed by atoms with Crippen LogP contribution in [0.3, 0.4) is 0 Å². The average molecular weight is 241 g/mol. The molecule has 2 N–H and O–H groups in total. The van der Waals surface area contributed by atoms with E-state index in [2.05, 4.69) is 0 Å². The molecule has 0 aromatic heterocycles. The molecule has 0 saturated heterocycles. The highest BCUT2D eigenvalue weighted by molar-refractivity contribution is 6.31. The third kappa shape index (κ3) is 2.30. The Kier molecular flexibility index (Phi) is 2.76. The van der Waals surface area contributed by atoms with Crippen LogP contribution >= 0.6 is 11.6 Å². The molecule has 15 heavy (non-hydrogen) atoms. The van der Waals surface area contributed by atoms with Gasteiger partial charge in [0.2, 0.25) is 0 Å². The van der Waals surface area contributed by atoms with Crippen molar-refractivity contribution < 1.29 is 18.1 Å². The number of nitrogens with two attached hydrogens (primary N) is 1. The predicted molar refractivity (Wildman–Crippen MR) is 47.5 cm³/mol. The van der Waals surface area contributed by atoms with Gasteiger partial charge >= 0.3 is 6.18 Å². The van der Waals surface area contributed by atoms with Gasteiger partial charge in [0.25, 0.3) is 5.69 Å². The number of hydrogen-bond acceptors (Lipinski definition) is 3. The van der Waals surface area contributed by atoms with Crippen LogP contribution in [0.15, 0.2) is 12.1 Å². The number of hydrogen-bond donors (Lipinski definition) is 1. The summed E-state index contributed by atoms with van der Waals surface area (Å²) in [6.07, 6.45) is -4.68. The summed E-state index contributed by atoms with van der Waals surface area (Å²) in [5.74, 6) is 0. The molecule has 82 valence electrons. The molecular weight excluding hydrogens is 237 g/mol. The lowest BCUT2D eigenvalue weighted by Crippen LogP contribution is -2.08. The Bertz CT molecular complexity index is 419. The number of nitro benzene ring substituents is 1. The monoisotopic (exact) mass is 240 g/mol. The van der Waals surface area contributed by atoms with Crippen molar-refractivity contribution in [3.63, 3.8) is 0 Å². The summed E-state index contributed by atoms with van der Waals surface area (Å²) in [4.78, 5) is 9.42. The van der Waals surface area contributed by atoms with Crippen LogP contribution in [0.1, 0.15) is 5.56 Å². The van der Waals surface area contributed by atoms with Gasteiger partial charge < -0.3 is 5.73 Å². The van der Waals surface area contributed by atoms with Crippen molar-refractivity contribution in [1.29, 1.82) is 0 Å². The summed E-state index contributed by atoms with van der Waals surface area (Å²) in [7, 11) is 0. The minimum atomic E-state index is -4.68. The lowest BCUT2D eigenvalue weighted by molar-refractivity contribution is -0.383. The molecule has 8 heteroatoms. The highest BCUT2D eigenvalue weighted by Gasteiger charge is 2.35. The van der Waals surface area contributed by atoms with Crippen molar-refractivity contribution in [3.05, 3.63) is 32.8 Å². The predicted octanol–water partition coefficient (Wildman–Crippen LogP) is 2.85. The van der Waals surface area contributed by atoms with Crippen LogP contribution in [0, 0.1) is 10.1 Å². The van der Waals surface area contributed by atoms with E-state index < -0.39 is 33.1 Å². The van der Waals surface area contributed by atoms with E-state index >= 15 is 0 Å². The molecular formula is C7H4ClF3N2O2. The van der Waals surface area contributed by atoms with E-state index in [4.69, 9.17) is 17.3 Å². The first-order valence-corrected chi connectivity index (χ1v) is 3.92. The average Bonchev–Trinajstić information content (AvgIpc) is 2.06. The van der Waals surface area contributed by atoms with Crippen molar-refractivity contribution >= 4 is 23.0 Å². The zero-order chi connectivity index (χ0) is 11.8. The molecule has 1 aromatic carbocycles. The fourth-order valence-corrected chi connectivity index (χ4v) is 1.22. The first-order valence-electron chi connectivity index (χ1n) is 3.54. The first-order chi connectivity index (χ1) is 6.73. The highest BCUT2D eigenvalue weighted by Crippen LogP contribution is 2.38. The van der Waals surface area contributed by atoms with E-state index in [1.165, 1.54) is 0 Å². The molecule has 0 radical (unpaired) electrons. The van der Waals surface area contributed by atoms with E-state index in [1.54, 1.807) is 0 Å². The molecule has 0 heterocycles. The summed E-state index contributed by atoms with van der Waals surface area (Å²) >= 11 is 5.25. The Morgan fingerprint density at radius 1 is 1.40 bits per heavy atom. The van der Waals surface area contributed by atoms with Crippen molar-refractivity contribution in [2.45, 2.75) is 6.18 Å². The van der Waals surface area contributed by atoms with Crippen molar-refractivity contribution in [1.82, 2.24) is 0 Å². The molecule has 0 amide bonds. The van der Waals surface area contributed by atoms with Gasteiger partial charge in [-0.2, -0.15) is 13.2 Å². The zero-order valence-corrected chi connectivity index (χ0v) is 7.76. The number of halogens is 4. The van der Waals surface area contributed by atoms with Gasteiger partial charge in [-0.05, 0) is 6.07 Å². The van der Waals surface area contributed by atoms with Crippen molar-refractivity contribution in [2.24, 2.45) is 0 Å². The molecule has 0 bridgehead atoms. The summed E-state index contributed by atoms with van der Waals surface area (Å²) < 4.78 is 36.8. The maximum atomic E-state index is 12.3. The molecule has 4 nitrogen and oxygen atoms in total. The van der Waals surface area contributed by atoms with Crippen LogP contribution in [-0.2, 0) is 6.18 Å². The van der Waals surface area contributed by atoms with Crippen LogP contribution in [0.2, 0.25) is 5.02 Å². The van der Waals surface area contributed by atoms with Gasteiger partial charge in [0.1, 0.15) is 5.69 Å². The van der Waals surface area contributed by atoms with Gasteiger partial charge in [0.05, 0.1) is 15.5 Å². The van der Waals surface area contributed by atoms with Gasteiger partial charge in [-0.15, -0.1) is 0 Å². The minimum Gasteiger partial charge on any atom is -0.393 e. The quantitative estimate of drug-likeness (QED) is 0.466. The number of rotatable bonds is 1. The van der Waals surface area contributed by atoms with E-state index in [0.717, 1.165) is 0 Å². The van der Waals surface area contributed by atoms with Crippen LogP contribution in [0.25, 0.3) is 0 Å². The third-order valence-corrected chi connectivity index (χ3v) is 1.93. The Balaban J connectivity index is 3.39. The summed E-state index contributed by atoms with van der Waals surface area (Å²) in [5.41, 5.74) is 2.68. The Morgan fingerprint density at radius 3 is 2.33 bits per heavy atom. The number of anilines is 1. The molecule has 0 aliphatic heterocycles. The summed E-state index contributed by atoms with van der Waals surface area (Å²) in [5, 5.41) is 9.57. The van der Waals surface area contributed by atoms with Gasteiger partial charge in [0.15, 0.2) is 0 Å².